The minimum absolute atomic E-state index is 0.217. The van der Waals surface area contributed by atoms with Crippen molar-refractivity contribution in [2.45, 2.75) is 19.0 Å². The summed E-state index contributed by atoms with van der Waals surface area (Å²) in [5.74, 6) is 0.174. The SMILES string of the molecule is O=C(Nc1ccc(C(F)(F)F)cc1)C1CCCN(c2ccc(-c3ccncc3)nn2)C1. The lowest BCUT2D eigenvalue weighted by atomic mass is 9.97. The monoisotopic (exact) mass is 427 g/mol. The number of nitrogens with zero attached hydrogens (tertiary/aromatic N) is 4. The zero-order valence-corrected chi connectivity index (χ0v) is 16.5. The van der Waals surface area contributed by atoms with E-state index in [0.717, 1.165) is 36.4 Å². The average Bonchev–Trinajstić information content (AvgIpc) is 2.80. The maximum atomic E-state index is 12.7. The Morgan fingerprint density at radius 3 is 2.39 bits per heavy atom. The summed E-state index contributed by atoms with van der Waals surface area (Å²) in [5, 5.41) is 11.3. The summed E-state index contributed by atoms with van der Waals surface area (Å²) in [6.45, 7) is 1.23. The van der Waals surface area contributed by atoms with Crippen molar-refractivity contribution in [3.63, 3.8) is 0 Å². The number of alkyl halides is 3. The number of nitrogens with one attached hydrogen (secondary N) is 1. The molecule has 4 rings (SSSR count). The first-order chi connectivity index (χ1) is 14.9. The number of carbonyl (C=O) groups excluding carboxylic acids is 1. The van der Waals surface area contributed by atoms with Gasteiger partial charge in [0.05, 0.1) is 17.2 Å². The number of hydrogen-bond acceptors (Lipinski definition) is 5. The van der Waals surface area contributed by atoms with Gasteiger partial charge in [-0.05, 0) is 61.4 Å². The highest BCUT2D eigenvalue weighted by molar-refractivity contribution is 5.93. The van der Waals surface area contributed by atoms with Gasteiger partial charge >= 0.3 is 6.18 Å². The highest BCUT2D eigenvalue weighted by Crippen LogP contribution is 2.30. The molecule has 0 spiro atoms. The van der Waals surface area contributed by atoms with Gasteiger partial charge in [-0.15, -0.1) is 10.2 Å². The fourth-order valence-electron chi connectivity index (χ4n) is 3.56. The van der Waals surface area contributed by atoms with Crippen molar-refractivity contribution in [2.75, 3.05) is 23.3 Å². The third kappa shape index (κ3) is 4.99. The molecule has 1 amide bonds. The molecule has 1 N–H and O–H groups in total. The molecule has 2 aromatic heterocycles. The standard InChI is InChI=1S/C22H20F3N5O/c23-22(24,25)17-3-5-18(6-4-17)27-21(31)16-2-1-13-30(14-16)20-8-7-19(28-29-20)15-9-11-26-12-10-15/h3-12,16H,1-2,13-14H2,(H,27,31). The van der Waals surface area contributed by atoms with E-state index in [1.165, 1.54) is 12.1 Å². The minimum atomic E-state index is -4.40. The van der Waals surface area contributed by atoms with Gasteiger partial charge in [0.15, 0.2) is 5.82 Å². The van der Waals surface area contributed by atoms with E-state index in [9.17, 15) is 18.0 Å². The lowest BCUT2D eigenvalue weighted by molar-refractivity contribution is -0.137. The van der Waals surface area contributed by atoms with Crippen LogP contribution in [0.15, 0.2) is 60.9 Å². The van der Waals surface area contributed by atoms with Crippen LogP contribution in [0.4, 0.5) is 24.7 Å². The number of rotatable bonds is 4. The summed E-state index contributed by atoms with van der Waals surface area (Å²) >= 11 is 0. The topological polar surface area (TPSA) is 71.0 Å². The van der Waals surface area contributed by atoms with Crippen LogP contribution in [0.25, 0.3) is 11.3 Å². The first kappa shape index (κ1) is 20.8. The number of pyridine rings is 1. The molecule has 0 radical (unpaired) electrons. The molecule has 1 aliphatic heterocycles. The van der Waals surface area contributed by atoms with E-state index in [0.29, 0.717) is 24.5 Å². The lowest BCUT2D eigenvalue weighted by Gasteiger charge is -2.32. The Morgan fingerprint density at radius 1 is 1.00 bits per heavy atom. The highest BCUT2D eigenvalue weighted by atomic mass is 19.4. The van der Waals surface area contributed by atoms with Gasteiger partial charge in [0.1, 0.15) is 0 Å². The molecule has 1 aromatic carbocycles. The summed E-state index contributed by atoms with van der Waals surface area (Å²) in [5.41, 5.74) is 1.25. The molecule has 1 aliphatic rings. The van der Waals surface area contributed by atoms with Crippen LogP contribution in [0.1, 0.15) is 18.4 Å². The lowest BCUT2D eigenvalue weighted by Crippen LogP contribution is -2.41. The number of benzene rings is 1. The summed E-state index contributed by atoms with van der Waals surface area (Å²) in [4.78, 5) is 18.7. The average molecular weight is 427 g/mol. The molecule has 3 heterocycles. The summed E-state index contributed by atoms with van der Waals surface area (Å²) in [7, 11) is 0. The van der Waals surface area contributed by atoms with Gasteiger partial charge in [0.2, 0.25) is 5.91 Å². The van der Waals surface area contributed by atoms with Crippen LogP contribution >= 0.6 is 0 Å². The fraction of sp³-hybridized carbons (Fsp3) is 0.273. The number of hydrogen-bond donors (Lipinski definition) is 1. The Morgan fingerprint density at radius 2 is 1.74 bits per heavy atom. The molecule has 1 saturated heterocycles. The molecule has 6 nitrogen and oxygen atoms in total. The van der Waals surface area contributed by atoms with Crippen molar-refractivity contribution in [1.29, 1.82) is 0 Å². The largest absolute Gasteiger partial charge is 0.416 e. The predicted molar refractivity (Wildman–Crippen MR) is 110 cm³/mol. The molecule has 0 saturated carbocycles. The van der Waals surface area contributed by atoms with E-state index in [-0.39, 0.29) is 11.8 Å². The van der Waals surface area contributed by atoms with Crippen LogP contribution in [-0.4, -0.2) is 34.2 Å². The van der Waals surface area contributed by atoms with Crippen LogP contribution in [0.2, 0.25) is 0 Å². The normalized spacial score (nSPS) is 16.7. The van der Waals surface area contributed by atoms with Gasteiger partial charge in [-0.1, -0.05) is 0 Å². The summed E-state index contributed by atoms with van der Waals surface area (Å²) < 4.78 is 38.1. The van der Waals surface area contributed by atoms with Crippen LogP contribution in [0.3, 0.4) is 0 Å². The van der Waals surface area contributed by atoms with Crippen molar-refractivity contribution in [3.05, 3.63) is 66.5 Å². The second kappa shape index (κ2) is 8.71. The van der Waals surface area contributed by atoms with E-state index in [1.807, 2.05) is 29.2 Å². The van der Waals surface area contributed by atoms with Gasteiger partial charge in [-0.25, -0.2) is 0 Å². The molecule has 3 aromatic rings. The number of carbonyl (C=O) groups is 1. The second-order valence-corrected chi connectivity index (χ2v) is 7.36. The second-order valence-electron chi connectivity index (χ2n) is 7.36. The molecular formula is C22H20F3N5O. The van der Waals surface area contributed by atoms with Crippen molar-refractivity contribution in [1.82, 2.24) is 15.2 Å². The Hall–Kier alpha value is -3.49. The number of amides is 1. The third-order valence-corrected chi connectivity index (χ3v) is 5.22. The first-order valence-electron chi connectivity index (χ1n) is 9.87. The molecule has 1 unspecified atom stereocenters. The zero-order valence-electron chi connectivity index (χ0n) is 16.5. The van der Waals surface area contributed by atoms with Gasteiger partial charge in [-0.3, -0.25) is 9.78 Å². The highest BCUT2D eigenvalue weighted by Gasteiger charge is 2.30. The van der Waals surface area contributed by atoms with Gasteiger partial charge in [0, 0.05) is 36.7 Å². The summed E-state index contributed by atoms with van der Waals surface area (Å²) in [6.07, 6.45) is 0.482. The van der Waals surface area contributed by atoms with Crippen LogP contribution < -0.4 is 10.2 Å². The van der Waals surface area contributed by atoms with E-state index in [1.54, 1.807) is 12.4 Å². The van der Waals surface area contributed by atoms with Crippen LogP contribution in [0, 0.1) is 5.92 Å². The predicted octanol–water partition coefficient (Wildman–Crippen LogP) is 4.41. The Labute approximate surface area is 177 Å². The fourth-order valence-corrected chi connectivity index (χ4v) is 3.56. The molecular weight excluding hydrogens is 407 g/mol. The molecule has 160 valence electrons. The number of piperidine rings is 1. The Balaban J connectivity index is 1.39. The van der Waals surface area contributed by atoms with E-state index in [4.69, 9.17) is 0 Å². The smallest absolute Gasteiger partial charge is 0.354 e. The molecule has 0 aliphatic carbocycles. The van der Waals surface area contributed by atoms with Crippen LogP contribution in [0.5, 0.6) is 0 Å². The maximum absolute atomic E-state index is 12.7. The molecule has 9 heteroatoms. The number of anilines is 2. The zero-order chi connectivity index (χ0) is 21.8. The summed E-state index contributed by atoms with van der Waals surface area (Å²) in [6, 6.07) is 11.9. The Kier molecular flexibility index (Phi) is 5.83. The van der Waals surface area contributed by atoms with Gasteiger partial charge < -0.3 is 10.2 Å². The Bertz CT molecular complexity index is 1020. The quantitative estimate of drug-likeness (QED) is 0.668. The van der Waals surface area contributed by atoms with Crippen molar-refractivity contribution < 1.29 is 18.0 Å². The molecule has 0 bridgehead atoms. The first-order valence-corrected chi connectivity index (χ1v) is 9.87. The minimum Gasteiger partial charge on any atom is -0.354 e. The number of halogens is 3. The van der Waals surface area contributed by atoms with E-state index >= 15 is 0 Å². The van der Waals surface area contributed by atoms with Crippen molar-refractivity contribution >= 4 is 17.4 Å². The molecule has 1 atom stereocenters. The van der Waals surface area contributed by atoms with Crippen molar-refractivity contribution in [3.8, 4) is 11.3 Å². The van der Waals surface area contributed by atoms with Gasteiger partial charge in [0.25, 0.3) is 0 Å². The molecule has 31 heavy (non-hydrogen) atoms. The third-order valence-electron chi connectivity index (χ3n) is 5.22. The maximum Gasteiger partial charge on any atom is 0.416 e. The number of aromatic nitrogens is 3. The van der Waals surface area contributed by atoms with Crippen molar-refractivity contribution in [2.24, 2.45) is 5.92 Å². The van der Waals surface area contributed by atoms with Gasteiger partial charge in [-0.2, -0.15) is 13.2 Å². The van der Waals surface area contributed by atoms with Crippen LogP contribution in [-0.2, 0) is 11.0 Å². The molecule has 1 fully saturated rings. The van der Waals surface area contributed by atoms with E-state index < -0.39 is 11.7 Å². The van der Waals surface area contributed by atoms with E-state index in [2.05, 4.69) is 20.5 Å².